The Bertz CT molecular complexity index is 1010. The molecule has 0 saturated heterocycles. The van der Waals surface area contributed by atoms with Crippen molar-refractivity contribution in [2.24, 2.45) is 0 Å². The Morgan fingerprint density at radius 1 is 1.23 bits per heavy atom. The number of rotatable bonds is 8. The molecule has 0 saturated carbocycles. The Morgan fingerprint density at radius 2 is 1.93 bits per heavy atom. The fourth-order valence-corrected chi connectivity index (χ4v) is 3.92. The van der Waals surface area contributed by atoms with Crippen LogP contribution in [0.1, 0.15) is 18.2 Å². The molecule has 30 heavy (non-hydrogen) atoms. The van der Waals surface area contributed by atoms with E-state index < -0.39 is 28.1 Å². The van der Waals surface area contributed by atoms with E-state index in [0.717, 1.165) is 0 Å². The van der Waals surface area contributed by atoms with Crippen molar-refractivity contribution in [3.05, 3.63) is 46.7 Å². The molecule has 0 fully saturated rings. The Kier molecular flexibility index (Phi) is 8.09. The molecule has 1 unspecified atom stereocenters. The minimum atomic E-state index is -4.28. The van der Waals surface area contributed by atoms with Gasteiger partial charge < -0.3 is 9.47 Å². The lowest BCUT2D eigenvalue weighted by Gasteiger charge is -2.16. The number of sulfonamides is 1. The molecule has 2 N–H and O–H groups in total. The number of benzene rings is 1. The highest BCUT2D eigenvalue weighted by Crippen LogP contribution is 2.19. The molecule has 162 valence electrons. The monoisotopic (exact) mass is 456 g/mol. The lowest BCUT2D eigenvalue weighted by molar-refractivity contribution is -0.154. The normalized spacial score (nSPS) is 12.1. The van der Waals surface area contributed by atoms with Crippen LogP contribution < -0.4 is 10.0 Å². The van der Waals surface area contributed by atoms with Gasteiger partial charge in [-0.25, -0.2) is 32.7 Å². The second-order valence-corrected chi connectivity index (χ2v) is 8.04. The van der Waals surface area contributed by atoms with Crippen molar-refractivity contribution in [1.82, 2.24) is 14.7 Å². The molecule has 0 spiro atoms. The SMILES string of the molecule is CCOC(=O)C(Cc1ccccc1S(=O)(=O)NC(=O)Nc1nc(C)cc(Cl)n1)OC. The summed E-state index contributed by atoms with van der Waals surface area (Å²) in [7, 11) is -2.96. The van der Waals surface area contributed by atoms with Crippen LogP contribution in [0.2, 0.25) is 5.15 Å². The predicted octanol–water partition coefficient (Wildman–Crippen LogP) is 2.07. The predicted molar refractivity (Wildman–Crippen MR) is 109 cm³/mol. The van der Waals surface area contributed by atoms with E-state index >= 15 is 0 Å². The van der Waals surface area contributed by atoms with Gasteiger partial charge in [0.05, 0.1) is 11.5 Å². The maximum atomic E-state index is 12.8. The third kappa shape index (κ3) is 6.37. The molecular formula is C18H21ClN4O6S. The Balaban J connectivity index is 2.21. The van der Waals surface area contributed by atoms with Crippen LogP contribution in [0.3, 0.4) is 0 Å². The van der Waals surface area contributed by atoms with Gasteiger partial charge >= 0.3 is 12.0 Å². The highest BCUT2D eigenvalue weighted by Gasteiger charge is 2.26. The minimum Gasteiger partial charge on any atom is -0.464 e. The highest BCUT2D eigenvalue weighted by atomic mass is 35.5. The topological polar surface area (TPSA) is 137 Å². The molecular weight excluding hydrogens is 436 g/mol. The zero-order valence-corrected chi connectivity index (χ0v) is 18.1. The van der Waals surface area contributed by atoms with Gasteiger partial charge in [0.15, 0.2) is 6.10 Å². The summed E-state index contributed by atoms with van der Waals surface area (Å²) in [4.78, 5) is 31.7. The van der Waals surface area contributed by atoms with Gasteiger partial charge in [-0.3, -0.25) is 5.32 Å². The number of carbonyl (C=O) groups excluding carboxylic acids is 2. The first-order valence-electron chi connectivity index (χ1n) is 8.78. The van der Waals surface area contributed by atoms with E-state index in [-0.39, 0.29) is 34.6 Å². The first-order chi connectivity index (χ1) is 14.2. The summed E-state index contributed by atoms with van der Waals surface area (Å²) in [5.74, 6) is -0.769. The maximum absolute atomic E-state index is 12.8. The number of esters is 1. The lowest BCUT2D eigenvalue weighted by atomic mass is 10.1. The van der Waals surface area contributed by atoms with Crippen LogP contribution in [0.25, 0.3) is 0 Å². The molecule has 0 aliphatic carbocycles. The zero-order valence-electron chi connectivity index (χ0n) is 16.5. The van der Waals surface area contributed by atoms with Crippen LogP contribution in [0.5, 0.6) is 0 Å². The number of urea groups is 1. The third-order valence-corrected chi connectivity index (χ3v) is 5.40. The maximum Gasteiger partial charge on any atom is 0.335 e. The van der Waals surface area contributed by atoms with Gasteiger partial charge in [0, 0.05) is 19.2 Å². The fourth-order valence-electron chi connectivity index (χ4n) is 2.52. The highest BCUT2D eigenvalue weighted by molar-refractivity contribution is 7.90. The summed E-state index contributed by atoms with van der Waals surface area (Å²) < 4.78 is 37.4. The van der Waals surface area contributed by atoms with Crippen molar-refractivity contribution in [2.45, 2.75) is 31.3 Å². The number of aryl methyl sites for hydroxylation is 1. The summed E-state index contributed by atoms with van der Waals surface area (Å²) >= 11 is 5.80. The van der Waals surface area contributed by atoms with Crippen LogP contribution in [-0.4, -0.2) is 50.2 Å². The van der Waals surface area contributed by atoms with Crippen molar-refractivity contribution in [3.63, 3.8) is 0 Å². The van der Waals surface area contributed by atoms with Crippen LogP contribution in [0, 0.1) is 6.92 Å². The molecule has 2 rings (SSSR count). The molecule has 0 bridgehead atoms. The molecule has 0 aliphatic heterocycles. The summed E-state index contributed by atoms with van der Waals surface area (Å²) in [6.07, 6.45) is -1.07. The van der Waals surface area contributed by atoms with Crippen LogP contribution >= 0.6 is 11.6 Å². The minimum absolute atomic E-state index is 0.0648. The number of hydrogen-bond acceptors (Lipinski definition) is 8. The summed E-state index contributed by atoms with van der Waals surface area (Å²) in [5, 5.41) is 2.31. The molecule has 1 atom stereocenters. The standard InChI is InChI=1S/C18H21ClN4O6S/c1-4-29-16(24)13(28-3)10-12-7-5-6-8-14(12)30(26,27)23-18(25)22-17-20-11(2)9-15(19)21-17/h5-9,13H,4,10H2,1-3H3,(H2,20,21,22,23,25). The number of nitrogens with one attached hydrogen (secondary N) is 2. The quantitative estimate of drug-likeness (QED) is 0.455. The molecule has 1 aromatic carbocycles. The van der Waals surface area contributed by atoms with Gasteiger partial charge in [0.2, 0.25) is 5.95 Å². The fraction of sp³-hybridized carbons (Fsp3) is 0.333. The summed E-state index contributed by atoms with van der Waals surface area (Å²) in [6.45, 7) is 3.45. The number of aromatic nitrogens is 2. The second-order valence-electron chi connectivity index (χ2n) is 6.00. The molecule has 2 aromatic rings. The number of carbonyl (C=O) groups is 2. The lowest BCUT2D eigenvalue weighted by Crippen LogP contribution is -2.36. The van der Waals surface area contributed by atoms with E-state index in [1.807, 2.05) is 4.72 Å². The van der Waals surface area contributed by atoms with E-state index in [1.165, 1.54) is 31.4 Å². The summed E-state index contributed by atoms with van der Waals surface area (Å²) in [5.41, 5.74) is 0.760. The number of halogens is 1. The van der Waals surface area contributed by atoms with Gasteiger partial charge in [-0.2, -0.15) is 0 Å². The van der Waals surface area contributed by atoms with Crippen molar-refractivity contribution in [2.75, 3.05) is 19.0 Å². The van der Waals surface area contributed by atoms with Crippen molar-refractivity contribution in [3.8, 4) is 0 Å². The van der Waals surface area contributed by atoms with Gasteiger partial charge in [-0.1, -0.05) is 29.8 Å². The first-order valence-corrected chi connectivity index (χ1v) is 10.6. The Hall–Kier alpha value is -2.76. The van der Waals surface area contributed by atoms with E-state index in [9.17, 15) is 18.0 Å². The molecule has 2 amide bonds. The smallest absolute Gasteiger partial charge is 0.335 e. The van der Waals surface area contributed by atoms with Crippen molar-refractivity contribution < 1.29 is 27.5 Å². The Labute approximate surface area is 179 Å². The third-order valence-electron chi connectivity index (χ3n) is 3.78. The number of methoxy groups -OCH3 is 1. The van der Waals surface area contributed by atoms with E-state index in [1.54, 1.807) is 19.9 Å². The van der Waals surface area contributed by atoms with E-state index in [4.69, 9.17) is 21.1 Å². The first kappa shape index (κ1) is 23.5. The number of anilines is 1. The van der Waals surface area contributed by atoms with E-state index in [2.05, 4.69) is 15.3 Å². The molecule has 1 aromatic heterocycles. The molecule has 12 heteroatoms. The number of nitrogens with zero attached hydrogens (tertiary/aromatic N) is 2. The average Bonchev–Trinajstić information content (AvgIpc) is 2.65. The van der Waals surface area contributed by atoms with Gasteiger partial charge in [-0.05, 0) is 31.5 Å². The number of hydrogen-bond donors (Lipinski definition) is 2. The molecule has 10 nitrogen and oxygen atoms in total. The van der Waals surface area contributed by atoms with Crippen LogP contribution in [0.15, 0.2) is 35.2 Å². The Morgan fingerprint density at radius 3 is 2.57 bits per heavy atom. The average molecular weight is 457 g/mol. The van der Waals surface area contributed by atoms with Gasteiger partial charge in [0.25, 0.3) is 10.0 Å². The van der Waals surface area contributed by atoms with Gasteiger partial charge in [-0.15, -0.1) is 0 Å². The van der Waals surface area contributed by atoms with Crippen molar-refractivity contribution in [1.29, 1.82) is 0 Å². The van der Waals surface area contributed by atoms with Gasteiger partial charge in [0.1, 0.15) is 5.15 Å². The van der Waals surface area contributed by atoms with E-state index in [0.29, 0.717) is 5.69 Å². The summed E-state index contributed by atoms with van der Waals surface area (Å²) in [6, 6.07) is 6.33. The van der Waals surface area contributed by atoms with Crippen LogP contribution in [0.4, 0.5) is 10.7 Å². The number of ether oxygens (including phenoxy) is 2. The molecule has 1 heterocycles. The largest absolute Gasteiger partial charge is 0.464 e. The second kappa shape index (κ2) is 10.3. The van der Waals surface area contributed by atoms with Crippen molar-refractivity contribution >= 4 is 39.6 Å². The molecule has 0 aliphatic rings. The van der Waals surface area contributed by atoms with Crippen LogP contribution in [-0.2, 0) is 30.7 Å². The zero-order chi connectivity index (χ0) is 22.3. The molecule has 0 radical (unpaired) electrons. The number of amides is 2.